The molecule has 10 aromatic rings. The molecule has 228 valence electrons. The van der Waals surface area contributed by atoms with E-state index in [-0.39, 0.29) is 0 Å². The minimum atomic E-state index is 0.626. The minimum Gasteiger partial charge on any atom is -0.456 e. The summed E-state index contributed by atoms with van der Waals surface area (Å²) in [7, 11) is 0. The van der Waals surface area contributed by atoms with E-state index in [1.165, 1.54) is 5.39 Å². The first-order valence-corrected chi connectivity index (χ1v) is 16.4. The molecule has 0 saturated carbocycles. The van der Waals surface area contributed by atoms with Gasteiger partial charge in [-0.25, -0.2) is 15.0 Å². The molecule has 0 unspecified atom stereocenters. The molecule has 2 heterocycles. The number of nitrogens with zero attached hydrogens (tertiary/aromatic N) is 3. The summed E-state index contributed by atoms with van der Waals surface area (Å²) in [6.45, 7) is 0. The molecule has 0 N–H and O–H groups in total. The van der Waals surface area contributed by atoms with Crippen molar-refractivity contribution >= 4 is 54.3 Å². The molecule has 0 aliphatic heterocycles. The zero-order valence-corrected chi connectivity index (χ0v) is 26.3. The van der Waals surface area contributed by atoms with Crippen molar-refractivity contribution in [2.75, 3.05) is 0 Å². The van der Waals surface area contributed by atoms with Crippen molar-refractivity contribution in [3.05, 3.63) is 164 Å². The highest BCUT2D eigenvalue weighted by atomic mass is 16.3. The Hall–Kier alpha value is -6.65. The summed E-state index contributed by atoms with van der Waals surface area (Å²) in [5, 5.41) is 9.05. The average Bonchev–Trinajstić information content (AvgIpc) is 3.53. The van der Waals surface area contributed by atoms with Crippen LogP contribution in [0.4, 0.5) is 0 Å². The van der Waals surface area contributed by atoms with Crippen molar-refractivity contribution in [2.24, 2.45) is 0 Å². The van der Waals surface area contributed by atoms with Gasteiger partial charge in [0.1, 0.15) is 11.2 Å². The van der Waals surface area contributed by atoms with Gasteiger partial charge in [-0.05, 0) is 68.2 Å². The van der Waals surface area contributed by atoms with Crippen LogP contribution in [0, 0.1) is 0 Å². The topological polar surface area (TPSA) is 51.8 Å². The number of fused-ring (bicyclic) bond motifs is 6. The highest BCUT2D eigenvalue weighted by Crippen LogP contribution is 2.41. The lowest BCUT2D eigenvalue weighted by atomic mass is 9.92. The molecule has 0 aliphatic carbocycles. The zero-order chi connectivity index (χ0) is 32.3. The number of hydrogen-bond acceptors (Lipinski definition) is 4. The second kappa shape index (κ2) is 11.0. The van der Waals surface area contributed by atoms with Crippen LogP contribution in [0.15, 0.2) is 168 Å². The lowest BCUT2D eigenvalue weighted by Gasteiger charge is -2.15. The van der Waals surface area contributed by atoms with E-state index in [4.69, 9.17) is 19.4 Å². The molecule has 0 amide bonds. The Labute approximate surface area is 282 Å². The zero-order valence-electron chi connectivity index (χ0n) is 26.3. The molecule has 0 radical (unpaired) electrons. The molecule has 4 heteroatoms. The van der Waals surface area contributed by atoms with Crippen LogP contribution in [-0.4, -0.2) is 15.0 Å². The van der Waals surface area contributed by atoms with Crippen LogP contribution in [0.5, 0.6) is 0 Å². The quantitative estimate of drug-likeness (QED) is 0.195. The Morgan fingerprint density at radius 3 is 1.76 bits per heavy atom. The van der Waals surface area contributed by atoms with Gasteiger partial charge in [-0.2, -0.15) is 0 Å². The van der Waals surface area contributed by atoms with Gasteiger partial charge >= 0.3 is 0 Å². The van der Waals surface area contributed by atoms with E-state index in [1.807, 2.05) is 18.2 Å². The maximum atomic E-state index is 6.39. The van der Waals surface area contributed by atoms with Crippen LogP contribution in [0.1, 0.15) is 0 Å². The van der Waals surface area contributed by atoms with Crippen molar-refractivity contribution in [1.29, 1.82) is 0 Å². The molecule has 8 aromatic carbocycles. The van der Waals surface area contributed by atoms with Crippen LogP contribution in [0.3, 0.4) is 0 Å². The lowest BCUT2D eigenvalue weighted by Crippen LogP contribution is -2.01. The summed E-state index contributed by atoms with van der Waals surface area (Å²) in [4.78, 5) is 15.5. The lowest BCUT2D eigenvalue weighted by molar-refractivity contribution is 0.669. The van der Waals surface area contributed by atoms with Crippen LogP contribution >= 0.6 is 0 Å². The van der Waals surface area contributed by atoms with Gasteiger partial charge in [-0.15, -0.1) is 0 Å². The van der Waals surface area contributed by atoms with Crippen molar-refractivity contribution in [2.45, 2.75) is 0 Å². The second-order valence-electron chi connectivity index (χ2n) is 12.4. The fourth-order valence-corrected chi connectivity index (χ4v) is 7.14. The van der Waals surface area contributed by atoms with E-state index in [1.54, 1.807) is 0 Å². The molecule has 0 aliphatic rings. The fraction of sp³-hybridized carbons (Fsp3) is 0. The van der Waals surface area contributed by atoms with Crippen molar-refractivity contribution in [3.8, 4) is 45.3 Å². The predicted molar refractivity (Wildman–Crippen MR) is 201 cm³/mol. The number of benzene rings is 8. The highest BCUT2D eigenvalue weighted by Gasteiger charge is 2.20. The molecule has 2 aromatic heterocycles. The Morgan fingerprint density at radius 1 is 0.327 bits per heavy atom. The first kappa shape index (κ1) is 27.5. The summed E-state index contributed by atoms with van der Waals surface area (Å²) in [6, 6.07) is 56.9. The predicted octanol–water partition coefficient (Wildman–Crippen LogP) is 11.9. The number of rotatable bonds is 4. The Bertz CT molecular complexity index is 2890. The summed E-state index contributed by atoms with van der Waals surface area (Å²) >= 11 is 0. The molecule has 4 nitrogen and oxygen atoms in total. The van der Waals surface area contributed by atoms with E-state index >= 15 is 0 Å². The first-order valence-electron chi connectivity index (χ1n) is 16.4. The Balaban J connectivity index is 1.25. The van der Waals surface area contributed by atoms with Gasteiger partial charge in [0.15, 0.2) is 17.5 Å². The SMILES string of the molecule is c1ccc(-c2nc(-c3ccc4ccccc4c3-c3ccc4oc5cc6ccccc6cc5c4c3)nc(-c3cccc4ccccc34)n2)cc1. The highest BCUT2D eigenvalue weighted by molar-refractivity contribution is 6.12. The smallest absolute Gasteiger partial charge is 0.164 e. The normalized spacial score (nSPS) is 11.7. The minimum absolute atomic E-state index is 0.626. The summed E-state index contributed by atoms with van der Waals surface area (Å²) < 4.78 is 6.39. The van der Waals surface area contributed by atoms with Gasteiger partial charge in [0.25, 0.3) is 0 Å². The summed E-state index contributed by atoms with van der Waals surface area (Å²) in [5.41, 5.74) is 6.74. The number of furan rings is 1. The van der Waals surface area contributed by atoms with E-state index in [0.717, 1.165) is 76.7 Å². The largest absolute Gasteiger partial charge is 0.456 e. The van der Waals surface area contributed by atoms with Crippen LogP contribution in [0.2, 0.25) is 0 Å². The molecular formula is C45H27N3O. The molecule has 0 fully saturated rings. The Kier molecular flexibility index (Phi) is 6.15. The number of aromatic nitrogens is 3. The monoisotopic (exact) mass is 625 g/mol. The van der Waals surface area contributed by atoms with Crippen molar-refractivity contribution in [1.82, 2.24) is 15.0 Å². The molecule has 0 atom stereocenters. The number of hydrogen-bond donors (Lipinski definition) is 0. The standard InChI is InChI=1S/C45H27N3O/c1-2-13-30(14-3-1)43-46-44(36-20-10-17-28-11-6-8-18-34(28)36)48-45(47-43)37-23-21-29-12-7-9-19-35(29)42(37)33-22-24-40-38(26-33)39-25-31-15-4-5-16-32(31)27-41(39)49-40/h1-27H. The van der Waals surface area contributed by atoms with Gasteiger partial charge < -0.3 is 4.42 Å². The van der Waals surface area contributed by atoms with Crippen LogP contribution in [-0.2, 0) is 0 Å². The first-order chi connectivity index (χ1) is 24.3. The third kappa shape index (κ3) is 4.57. The average molecular weight is 626 g/mol. The van der Waals surface area contributed by atoms with E-state index < -0.39 is 0 Å². The van der Waals surface area contributed by atoms with Gasteiger partial charge in [0, 0.05) is 33.0 Å². The molecule has 10 rings (SSSR count). The van der Waals surface area contributed by atoms with E-state index in [0.29, 0.717) is 17.5 Å². The van der Waals surface area contributed by atoms with Crippen LogP contribution in [0.25, 0.3) is 99.5 Å². The second-order valence-corrected chi connectivity index (χ2v) is 12.4. The van der Waals surface area contributed by atoms with Crippen molar-refractivity contribution < 1.29 is 4.42 Å². The molecule has 0 bridgehead atoms. The van der Waals surface area contributed by atoms with E-state index in [2.05, 4.69) is 146 Å². The molecule has 49 heavy (non-hydrogen) atoms. The van der Waals surface area contributed by atoms with Gasteiger partial charge in [-0.1, -0.05) is 133 Å². The maximum Gasteiger partial charge on any atom is 0.164 e. The summed E-state index contributed by atoms with van der Waals surface area (Å²) in [6.07, 6.45) is 0. The third-order valence-electron chi connectivity index (χ3n) is 9.49. The summed E-state index contributed by atoms with van der Waals surface area (Å²) in [5.74, 6) is 1.90. The maximum absolute atomic E-state index is 6.39. The van der Waals surface area contributed by atoms with Crippen molar-refractivity contribution in [3.63, 3.8) is 0 Å². The molecule has 0 saturated heterocycles. The van der Waals surface area contributed by atoms with Gasteiger partial charge in [-0.3, -0.25) is 0 Å². The third-order valence-corrected chi connectivity index (χ3v) is 9.49. The molecule has 0 spiro atoms. The van der Waals surface area contributed by atoms with E-state index in [9.17, 15) is 0 Å². The Morgan fingerprint density at radius 2 is 0.939 bits per heavy atom. The molecular weight excluding hydrogens is 599 g/mol. The van der Waals surface area contributed by atoms with Gasteiger partial charge in [0.2, 0.25) is 0 Å². The fourth-order valence-electron chi connectivity index (χ4n) is 7.14. The van der Waals surface area contributed by atoms with Gasteiger partial charge in [0.05, 0.1) is 0 Å². The van der Waals surface area contributed by atoms with Crippen LogP contribution < -0.4 is 0 Å².